The van der Waals surface area contributed by atoms with Crippen LogP contribution in [0.4, 0.5) is 0 Å². The van der Waals surface area contributed by atoms with Crippen molar-refractivity contribution >= 4 is 47.8 Å². The fraction of sp³-hybridized carbons (Fsp3) is 0.294. The van der Waals surface area contributed by atoms with Crippen LogP contribution in [0.25, 0.3) is 0 Å². The molecular weight excluding hydrogens is 458 g/mol. The summed E-state index contributed by atoms with van der Waals surface area (Å²) < 4.78 is 3.35. The molecule has 112 valence electrons. The number of aryl methyl sites for hydroxylation is 1. The molecule has 0 aliphatic heterocycles. The lowest BCUT2D eigenvalue weighted by Gasteiger charge is -2.22. The van der Waals surface area contributed by atoms with Crippen molar-refractivity contribution in [3.63, 3.8) is 0 Å². The maximum absolute atomic E-state index is 3.71. The molecule has 0 aromatic heterocycles. The molecule has 1 unspecified atom stereocenters. The molecule has 0 saturated carbocycles. The SMILES string of the molecule is CCCNC(c1ccc(C)cc1Br)c1cc(Br)ccc1Br. The summed E-state index contributed by atoms with van der Waals surface area (Å²) in [7, 11) is 0. The van der Waals surface area contributed by atoms with E-state index in [0.29, 0.717) is 0 Å². The number of halogens is 3. The Labute approximate surface area is 151 Å². The third-order valence-electron chi connectivity index (χ3n) is 3.33. The first-order valence-electron chi connectivity index (χ1n) is 6.97. The van der Waals surface area contributed by atoms with Gasteiger partial charge in [0.05, 0.1) is 6.04 Å². The van der Waals surface area contributed by atoms with Gasteiger partial charge in [-0.25, -0.2) is 0 Å². The number of hydrogen-bond donors (Lipinski definition) is 1. The minimum absolute atomic E-state index is 0.159. The molecule has 0 aliphatic rings. The van der Waals surface area contributed by atoms with E-state index in [0.717, 1.165) is 26.4 Å². The Morgan fingerprint density at radius 2 is 1.71 bits per heavy atom. The van der Waals surface area contributed by atoms with Crippen LogP contribution in [-0.2, 0) is 0 Å². The number of rotatable bonds is 5. The predicted molar refractivity (Wildman–Crippen MR) is 101 cm³/mol. The fourth-order valence-corrected chi connectivity index (χ4v) is 3.85. The quantitative estimate of drug-likeness (QED) is 0.529. The minimum Gasteiger partial charge on any atom is -0.306 e. The second-order valence-corrected chi connectivity index (χ2v) is 7.70. The average Bonchev–Trinajstić information content (AvgIpc) is 2.44. The summed E-state index contributed by atoms with van der Waals surface area (Å²) in [5, 5.41) is 3.65. The van der Waals surface area contributed by atoms with Gasteiger partial charge in [-0.2, -0.15) is 0 Å². The Bertz CT molecular complexity index is 625. The van der Waals surface area contributed by atoms with Crippen LogP contribution in [0, 0.1) is 6.92 Å². The first-order valence-corrected chi connectivity index (χ1v) is 9.35. The molecule has 0 bridgehead atoms. The highest BCUT2D eigenvalue weighted by molar-refractivity contribution is 9.11. The summed E-state index contributed by atoms with van der Waals surface area (Å²) in [5.41, 5.74) is 3.75. The standard InChI is InChI=1S/C17H18Br3N/c1-3-8-21-17(13-6-4-11(2)9-16(13)20)14-10-12(18)5-7-15(14)19/h4-7,9-10,17,21H,3,8H2,1-2H3. The molecule has 0 amide bonds. The normalized spacial score (nSPS) is 12.4. The highest BCUT2D eigenvalue weighted by atomic mass is 79.9. The van der Waals surface area contributed by atoms with E-state index in [1.165, 1.54) is 16.7 Å². The van der Waals surface area contributed by atoms with E-state index in [9.17, 15) is 0 Å². The second-order valence-electron chi connectivity index (χ2n) is 5.08. The van der Waals surface area contributed by atoms with E-state index in [1.807, 2.05) is 0 Å². The molecule has 2 aromatic rings. The Kier molecular flexibility index (Phi) is 6.48. The van der Waals surface area contributed by atoms with E-state index in [4.69, 9.17) is 0 Å². The van der Waals surface area contributed by atoms with Crippen LogP contribution in [0.2, 0.25) is 0 Å². The van der Waals surface area contributed by atoms with Crippen LogP contribution < -0.4 is 5.32 Å². The summed E-state index contributed by atoms with van der Waals surface area (Å²) in [6.07, 6.45) is 1.10. The van der Waals surface area contributed by atoms with Gasteiger partial charge in [0.15, 0.2) is 0 Å². The number of hydrogen-bond acceptors (Lipinski definition) is 1. The predicted octanol–water partition coefficient (Wildman–Crippen LogP) is 6.37. The smallest absolute Gasteiger partial charge is 0.0599 e. The van der Waals surface area contributed by atoms with Crippen LogP contribution in [0.3, 0.4) is 0 Å². The van der Waals surface area contributed by atoms with Gasteiger partial charge in [-0.05, 0) is 60.8 Å². The van der Waals surface area contributed by atoms with Crippen molar-refractivity contribution in [2.75, 3.05) is 6.54 Å². The number of nitrogens with one attached hydrogen (secondary N) is 1. The first-order chi connectivity index (χ1) is 10.0. The van der Waals surface area contributed by atoms with Crippen LogP contribution >= 0.6 is 47.8 Å². The summed E-state index contributed by atoms with van der Waals surface area (Å²) in [6.45, 7) is 5.27. The van der Waals surface area contributed by atoms with Gasteiger partial charge in [0, 0.05) is 13.4 Å². The molecule has 1 N–H and O–H groups in total. The molecule has 0 aliphatic carbocycles. The van der Waals surface area contributed by atoms with Gasteiger partial charge in [-0.1, -0.05) is 66.8 Å². The lowest BCUT2D eigenvalue weighted by molar-refractivity contribution is 0.595. The molecular formula is C17H18Br3N. The zero-order valence-corrected chi connectivity index (χ0v) is 16.8. The topological polar surface area (TPSA) is 12.0 Å². The second kappa shape index (κ2) is 7.91. The fourth-order valence-electron chi connectivity index (χ4n) is 2.28. The maximum atomic E-state index is 3.71. The highest BCUT2D eigenvalue weighted by Gasteiger charge is 2.19. The zero-order chi connectivity index (χ0) is 15.4. The molecule has 0 fully saturated rings. The molecule has 0 radical (unpaired) electrons. The molecule has 1 nitrogen and oxygen atoms in total. The zero-order valence-electron chi connectivity index (χ0n) is 12.1. The van der Waals surface area contributed by atoms with Gasteiger partial charge in [0.2, 0.25) is 0 Å². The largest absolute Gasteiger partial charge is 0.306 e. The minimum atomic E-state index is 0.159. The molecule has 0 spiro atoms. The molecule has 2 rings (SSSR count). The van der Waals surface area contributed by atoms with Crippen LogP contribution in [0.5, 0.6) is 0 Å². The molecule has 21 heavy (non-hydrogen) atoms. The van der Waals surface area contributed by atoms with Crippen molar-refractivity contribution < 1.29 is 0 Å². The van der Waals surface area contributed by atoms with Crippen molar-refractivity contribution in [1.29, 1.82) is 0 Å². The van der Waals surface area contributed by atoms with Crippen molar-refractivity contribution in [3.8, 4) is 0 Å². The van der Waals surface area contributed by atoms with Crippen molar-refractivity contribution in [2.24, 2.45) is 0 Å². The van der Waals surface area contributed by atoms with Crippen LogP contribution in [-0.4, -0.2) is 6.54 Å². The Morgan fingerprint density at radius 3 is 2.38 bits per heavy atom. The summed E-state index contributed by atoms with van der Waals surface area (Å²) in [4.78, 5) is 0. The monoisotopic (exact) mass is 473 g/mol. The Balaban J connectivity index is 2.49. The lowest BCUT2D eigenvalue weighted by Crippen LogP contribution is -2.24. The third-order valence-corrected chi connectivity index (χ3v) is 5.24. The van der Waals surface area contributed by atoms with Gasteiger partial charge < -0.3 is 5.32 Å². The summed E-state index contributed by atoms with van der Waals surface area (Å²) in [6, 6.07) is 13.0. The molecule has 1 atom stereocenters. The van der Waals surface area contributed by atoms with E-state index in [2.05, 4.69) is 103 Å². The Hall–Kier alpha value is -0.160. The molecule has 4 heteroatoms. The van der Waals surface area contributed by atoms with Crippen molar-refractivity contribution in [3.05, 3.63) is 66.5 Å². The first kappa shape index (κ1) is 17.2. The highest BCUT2D eigenvalue weighted by Crippen LogP contribution is 2.34. The van der Waals surface area contributed by atoms with E-state index in [-0.39, 0.29) is 6.04 Å². The summed E-state index contributed by atoms with van der Waals surface area (Å²) in [5.74, 6) is 0. The van der Waals surface area contributed by atoms with Gasteiger partial charge >= 0.3 is 0 Å². The van der Waals surface area contributed by atoms with Gasteiger partial charge in [0.1, 0.15) is 0 Å². The van der Waals surface area contributed by atoms with E-state index >= 15 is 0 Å². The van der Waals surface area contributed by atoms with E-state index in [1.54, 1.807) is 0 Å². The van der Waals surface area contributed by atoms with Crippen LogP contribution in [0.1, 0.15) is 36.1 Å². The average molecular weight is 476 g/mol. The van der Waals surface area contributed by atoms with Gasteiger partial charge in [-0.3, -0.25) is 0 Å². The molecule has 0 saturated heterocycles. The van der Waals surface area contributed by atoms with Crippen molar-refractivity contribution in [2.45, 2.75) is 26.3 Å². The van der Waals surface area contributed by atoms with Crippen molar-refractivity contribution in [1.82, 2.24) is 5.32 Å². The van der Waals surface area contributed by atoms with Gasteiger partial charge in [-0.15, -0.1) is 0 Å². The number of benzene rings is 2. The molecule has 2 aromatic carbocycles. The molecule has 0 heterocycles. The van der Waals surface area contributed by atoms with Crippen LogP contribution in [0.15, 0.2) is 49.8 Å². The van der Waals surface area contributed by atoms with E-state index < -0.39 is 0 Å². The third kappa shape index (κ3) is 4.41. The summed E-state index contributed by atoms with van der Waals surface area (Å²) >= 11 is 11.0. The Morgan fingerprint density at radius 1 is 0.952 bits per heavy atom. The van der Waals surface area contributed by atoms with Gasteiger partial charge in [0.25, 0.3) is 0 Å². The lowest BCUT2D eigenvalue weighted by atomic mass is 9.97. The maximum Gasteiger partial charge on any atom is 0.0599 e.